The summed E-state index contributed by atoms with van der Waals surface area (Å²) in [6, 6.07) is 0. The van der Waals surface area contributed by atoms with Crippen molar-refractivity contribution in [2.75, 3.05) is 32.6 Å². The van der Waals surface area contributed by atoms with E-state index in [1.807, 2.05) is 0 Å². The third kappa shape index (κ3) is 6.03. The van der Waals surface area contributed by atoms with Gasteiger partial charge in [0.25, 0.3) is 0 Å². The Labute approximate surface area is 104 Å². The van der Waals surface area contributed by atoms with Crippen LogP contribution >= 0.6 is 11.6 Å². The van der Waals surface area contributed by atoms with E-state index < -0.39 is 14.6 Å². The maximum atomic E-state index is 11.7. The monoisotopic (exact) mass is 271 g/mol. The fourth-order valence-corrected chi connectivity index (χ4v) is 2.27. The van der Waals surface area contributed by atoms with Crippen LogP contribution in [-0.4, -0.2) is 51.1 Å². The van der Waals surface area contributed by atoms with E-state index in [1.165, 1.54) is 0 Å². The standard InChI is InChI=1S/C10H22ClNO3S/c1-10(2,3)16(13,14)6-5-12-7-9(11)8-15-4/h9,12H,5-8H2,1-4H3. The fraction of sp³-hybridized carbons (Fsp3) is 1.00. The highest BCUT2D eigenvalue weighted by Crippen LogP contribution is 2.15. The van der Waals surface area contributed by atoms with Crippen molar-refractivity contribution < 1.29 is 13.2 Å². The summed E-state index contributed by atoms with van der Waals surface area (Å²) >= 11 is 5.88. The van der Waals surface area contributed by atoms with Crippen molar-refractivity contribution >= 4 is 21.4 Å². The van der Waals surface area contributed by atoms with Crippen molar-refractivity contribution in [2.45, 2.75) is 30.9 Å². The predicted molar refractivity (Wildman–Crippen MR) is 67.9 cm³/mol. The minimum atomic E-state index is -3.04. The zero-order valence-corrected chi connectivity index (χ0v) is 12.0. The van der Waals surface area contributed by atoms with Gasteiger partial charge in [0, 0.05) is 20.2 Å². The molecule has 0 aliphatic rings. The zero-order valence-electron chi connectivity index (χ0n) is 10.4. The number of methoxy groups -OCH3 is 1. The Morgan fingerprint density at radius 2 is 1.94 bits per heavy atom. The largest absolute Gasteiger partial charge is 0.383 e. The van der Waals surface area contributed by atoms with Crippen molar-refractivity contribution in [1.29, 1.82) is 0 Å². The zero-order chi connectivity index (χ0) is 12.8. The fourth-order valence-electron chi connectivity index (χ4n) is 1.01. The summed E-state index contributed by atoms with van der Waals surface area (Å²) in [5, 5.41) is 2.88. The molecule has 0 aromatic heterocycles. The molecule has 0 aliphatic heterocycles. The average Bonchev–Trinajstić information content (AvgIpc) is 2.11. The van der Waals surface area contributed by atoms with Crippen LogP contribution in [0.25, 0.3) is 0 Å². The minimum Gasteiger partial charge on any atom is -0.383 e. The molecule has 0 bridgehead atoms. The van der Waals surface area contributed by atoms with E-state index in [0.717, 1.165) is 0 Å². The number of ether oxygens (including phenoxy) is 1. The van der Waals surface area contributed by atoms with Crippen molar-refractivity contribution in [3.05, 3.63) is 0 Å². The minimum absolute atomic E-state index is 0.123. The molecule has 1 N–H and O–H groups in total. The number of hydrogen-bond acceptors (Lipinski definition) is 4. The first-order valence-electron chi connectivity index (χ1n) is 5.26. The Hall–Kier alpha value is 0.160. The highest BCUT2D eigenvalue weighted by molar-refractivity contribution is 7.92. The lowest BCUT2D eigenvalue weighted by atomic mass is 10.3. The lowest BCUT2D eigenvalue weighted by molar-refractivity contribution is 0.197. The van der Waals surface area contributed by atoms with E-state index in [1.54, 1.807) is 27.9 Å². The van der Waals surface area contributed by atoms with Crippen molar-refractivity contribution in [1.82, 2.24) is 5.32 Å². The van der Waals surface area contributed by atoms with E-state index in [0.29, 0.717) is 19.7 Å². The molecule has 0 amide bonds. The molecule has 0 aromatic carbocycles. The van der Waals surface area contributed by atoms with Gasteiger partial charge in [0.2, 0.25) is 0 Å². The highest BCUT2D eigenvalue weighted by atomic mass is 35.5. The van der Waals surface area contributed by atoms with Gasteiger partial charge in [-0.2, -0.15) is 0 Å². The molecule has 6 heteroatoms. The molecule has 0 spiro atoms. The molecule has 0 radical (unpaired) electrons. The Balaban J connectivity index is 3.84. The Morgan fingerprint density at radius 3 is 2.38 bits per heavy atom. The number of sulfone groups is 1. The van der Waals surface area contributed by atoms with Gasteiger partial charge in [-0.3, -0.25) is 0 Å². The summed E-state index contributed by atoms with van der Waals surface area (Å²) in [6.07, 6.45) is 0. The topological polar surface area (TPSA) is 55.4 Å². The van der Waals surface area contributed by atoms with Gasteiger partial charge in [-0.25, -0.2) is 8.42 Å². The number of hydrogen-bond donors (Lipinski definition) is 1. The van der Waals surface area contributed by atoms with Crippen LogP contribution in [0, 0.1) is 0 Å². The lowest BCUT2D eigenvalue weighted by Crippen LogP contribution is -2.36. The second kappa shape index (κ2) is 6.79. The van der Waals surface area contributed by atoms with E-state index in [-0.39, 0.29) is 11.1 Å². The molecule has 4 nitrogen and oxygen atoms in total. The third-order valence-corrected chi connectivity index (χ3v) is 5.08. The maximum Gasteiger partial charge on any atom is 0.156 e. The lowest BCUT2D eigenvalue weighted by Gasteiger charge is -2.19. The molecule has 1 atom stereocenters. The molecule has 98 valence electrons. The SMILES string of the molecule is COCC(Cl)CNCCS(=O)(=O)C(C)(C)C. The highest BCUT2D eigenvalue weighted by Gasteiger charge is 2.28. The van der Waals surface area contributed by atoms with Crippen molar-refractivity contribution in [3.8, 4) is 0 Å². The maximum absolute atomic E-state index is 11.7. The van der Waals surface area contributed by atoms with Gasteiger partial charge in [0.15, 0.2) is 9.84 Å². The van der Waals surface area contributed by atoms with E-state index >= 15 is 0 Å². The van der Waals surface area contributed by atoms with Crippen LogP contribution in [0.5, 0.6) is 0 Å². The average molecular weight is 272 g/mol. The molecule has 0 saturated heterocycles. The van der Waals surface area contributed by atoms with E-state index in [2.05, 4.69) is 5.32 Å². The van der Waals surface area contributed by atoms with E-state index in [9.17, 15) is 8.42 Å². The first-order chi connectivity index (χ1) is 7.20. The molecular formula is C10H22ClNO3S. The van der Waals surface area contributed by atoms with Crippen LogP contribution in [-0.2, 0) is 14.6 Å². The van der Waals surface area contributed by atoms with Gasteiger partial charge >= 0.3 is 0 Å². The molecule has 16 heavy (non-hydrogen) atoms. The van der Waals surface area contributed by atoms with Gasteiger partial charge in [-0.1, -0.05) is 0 Å². The Bertz CT molecular complexity index is 285. The molecular weight excluding hydrogens is 250 g/mol. The summed E-state index contributed by atoms with van der Waals surface area (Å²) in [4.78, 5) is 0. The number of rotatable bonds is 7. The van der Waals surface area contributed by atoms with E-state index in [4.69, 9.17) is 16.3 Å². The van der Waals surface area contributed by atoms with Gasteiger partial charge in [0.1, 0.15) is 0 Å². The van der Waals surface area contributed by atoms with Crippen molar-refractivity contribution in [2.24, 2.45) is 0 Å². The van der Waals surface area contributed by atoms with Crippen LogP contribution < -0.4 is 5.32 Å². The summed E-state index contributed by atoms with van der Waals surface area (Å²) in [6.45, 7) is 6.55. The summed E-state index contributed by atoms with van der Waals surface area (Å²) in [5.74, 6) is 0.132. The van der Waals surface area contributed by atoms with Crippen LogP contribution in [0.3, 0.4) is 0 Å². The Kier molecular flexibility index (Phi) is 6.86. The first-order valence-corrected chi connectivity index (χ1v) is 7.35. The quantitative estimate of drug-likeness (QED) is 0.555. The molecule has 1 unspecified atom stereocenters. The summed E-state index contributed by atoms with van der Waals surface area (Å²) in [7, 11) is -1.46. The van der Waals surface area contributed by atoms with Gasteiger partial charge in [0.05, 0.1) is 22.5 Å². The molecule has 0 aromatic rings. The molecule has 0 fully saturated rings. The van der Waals surface area contributed by atoms with Gasteiger partial charge < -0.3 is 10.1 Å². The van der Waals surface area contributed by atoms with Crippen LogP contribution in [0.15, 0.2) is 0 Å². The molecule has 0 saturated carbocycles. The molecule has 0 aliphatic carbocycles. The smallest absolute Gasteiger partial charge is 0.156 e. The summed E-state index contributed by atoms with van der Waals surface area (Å²) < 4.78 is 27.6. The number of halogens is 1. The Morgan fingerprint density at radius 1 is 1.38 bits per heavy atom. The number of alkyl halides is 1. The number of nitrogens with one attached hydrogen (secondary N) is 1. The third-order valence-electron chi connectivity index (χ3n) is 2.19. The van der Waals surface area contributed by atoms with Crippen LogP contribution in [0.1, 0.15) is 20.8 Å². The van der Waals surface area contributed by atoms with Crippen molar-refractivity contribution in [3.63, 3.8) is 0 Å². The second-order valence-electron chi connectivity index (χ2n) is 4.69. The summed E-state index contributed by atoms with van der Waals surface area (Å²) in [5.41, 5.74) is 0. The van der Waals surface area contributed by atoms with Gasteiger partial charge in [-0.05, 0) is 20.8 Å². The van der Waals surface area contributed by atoms with Crippen LogP contribution in [0.2, 0.25) is 0 Å². The molecule has 0 heterocycles. The normalized spacial score (nSPS) is 15.1. The van der Waals surface area contributed by atoms with Gasteiger partial charge in [-0.15, -0.1) is 11.6 Å². The first kappa shape index (κ1) is 16.2. The molecule has 0 rings (SSSR count). The second-order valence-corrected chi connectivity index (χ2v) is 8.17. The van der Waals surface area contributed by atoms with Crippen LogP contribution in [0.4, 0.5) is 0 Å². The predicted octanol–water partition coefficient (Wildman–Crippen LogP) is 1.04.